The first-order chi connectivity index (χ1) is 8.07. The van der Waals surface area contributed by atoms with Crippen molar-refractivity contribution in [1.29, 1.82) is 0 Å². The molecule has 4 heteroatoms. The minimum atomic E-state index is 0.128. The molecule has 1 N–H and O–H groups in total. The third kappa shape index (κ3) is 1.26. The number of rotatable bonds is 0. The van der Waals surface area contributed by atoms with Gasteiger partial charge in [-0.25, -0.2) is 0 Å². The normalized spacial score (nSPS) is 41.3. The van der Waals surface area contributed by atoms with E-state index in [-0.39, 0.29) is 10.3 Å². The molecule has 2 heterocycles. The molecule has 0 radical (unpaired) electrons. The Morgan fingerprint density at radius 3 is 2.88 bits per heavy atom. The zero-order chi connectivity index (χ0) is 11.8. The van der Waals surface area contributed by atoms with Gasteiger partial charge in [-0.1, -0.05) is 25.2 Å². The van der Waals surface area contributed by atoms with E-state index in [2.05, 4.69) is 18.8 Å². The van der Waals surface area contributed by atoms with E-state index < -0.39 is 0 Å². The molecule has 0 saturated heterocycles. The van der Waals surface area contributed by atoms with E-state index in [0.29, 0.717) is 0 Å². The second-order valence-electron chi connectivity index (χ2n) is 6.34. The number of aromatic amines is 1. The maximum atomic E-state index is 11.6. The molecule has 4 rings (SSSR count). The third-order valence-corrected chi connectivity index (χ3v) is 7.97. The fraction of sp³-hybridized carbons (Fsp3) is 0.769. The molecule has 0 amide bonds. The third-order valence-electron chi connectivity index (χ3n) is 5.13. The summed E-state index contributed by atoms with van der Waals surface area (Å²) in [6, 6.07) is 0. The van der Waals surface area contributed by atoms with E-state index in [0.717, 1.165) is 23.0 Å². The van der Waals surface area contributed by atoms with E-state index in [1.165, 1.54) is 40.5 Å². The van der Waals surface area contributed by atoms with Gasteiger partial charge in [0.05, 0.1) is 5.03 Å². The number of thioether (sulfide) groups is 1. The summed E-state index contributed by atoms with van der Waals surface area (Å²) in [4.78, 5) is 16.1. The zero-order valence-electron chi connectivity index (χ0n) is 10.2. The number of nitrogens with one attached hydrogen (secondary N) is 1. The molecule has 3 aliphatic rings. The minimum absolute atomic E-state index is 0.128. The van der Waals surface area contributed by atoms with Crippen molar-refractivity contribution in [3.63, 3.8) is 0 Å². The van der Waals surface area contributed by atoms with Crippen molar-refractivity contribution in [2.45, 2.75) is 48.8 Å². The van der Waals surface area contributed by atoms with Crippen LogP contribution in [0.1, 0.15) is 38.0 Å². The molecule has 0 aromatic carbocycles. The average Bonchev–Trinajstić information content (AvgIpc) is 2.90. The van der Waals surface area contributed by atoms with Gasteiger partial charge in [0.25, 0.3) is 0 Å². The Morgan fingerprint density at radius 2 is 2.06 bits per heavy atom. The SMILES string of the molecule is CC1(C)c2sc(=O)[nH]c2SC2C3CCC(C3)C21. The first-order valence-electron chi connectivity index (χ1n) is 6.47. The molecule has 1 aliphatic heterocycles. The second-order valence-corrected chi connectivity index (χ2v) is 8.51. The number of H-pyrrole nitrogens is 1. The van der Waals surface area contributed by atoms with Gasteiger partial charge in [-0.05, 0) is 37.0 Å². The summed E-state index contributed by atoms with van der Waals surface area (Å²) in [5, 5.41) is 1.94. The Bertz CT molecular complexity index is 530. The monoisotopic (exact) mass is 267 g/mol. The van der Waals surface area contributed by atoms with Gasteiger partial charge in [0.1, 0.15) is 0 Å². The van der Waals surface area contributed by atoms with Crippen molar-refractivity contribution in [2.24, 2.45) is 17.8 Å². The van der Waals surface area contributed by atoms with Crippen molar-refractivity contribution in [3.8, 4) is 0 Å². The number of fused-ring (bicyclic) bond motifs is 6. The molecule has 2 aliphatic carbocycles. The number of hydrogen-bond donors (Lipinski definition) is 1. The van der Waals surface area contributed by atoms with Gasteiger partial charge in [-0.2, -0.15) is 0 Å². The molecule has 0 spiro atoms. The molecular weight excluding hydrogens is 250 g/mol. The van der Waals surface area contributed by atoms with Crippen LogP contribution in [0.2, 0.25) is 0 Å². The Hall–Kier alpha value is -0.220. The van der Waals surface area contributed by atoms with Crippen molar-refractivity contribution >= 4 is 23.1 Å². The summed E-state index contributed by atoms with van der Waals surface area (Å²) >= 11 is 3.41. The maximum absolute atomic E-state index is 11.6. The summed E-state index contributed by atoms with van der Waals surface area (Å²) in [5.41, 5.74) is 0.203. The predicted octanol–water partition coefficient (Wildman–Crippen LogP) is 3.23. The summed E-state index contributed by atoms with van der Waals surface area (Å²) in [5.74, 6) is 2.62. The van der Waals surface area contributed by atoms with E-state index in [1.807, 2.05) is 11.8 Å². The minimum Gasteiger partial charge on any atom is -0.307 e. The Morgan fingerprint density at radius 1 is 1.29 bits per heavy atom. The van der Waals surface area contributed by atoms with Crippen molar-refractivity contribution < 1.29 is 0 Å². The van der Waals surface area contributed by atoms with Crippen molar-refractivity contribution in [2.75, 3.05) is 0 Å². The lowest BCUT2D eigenvalue weighted by atomic mass is 9.69. The molecule has 2 nitrogen and oxygen atoms in total. The van der Waals surface area contributed by atoms with Gasteiger partial charge >= 0.3 is 4.87 Å². The average molecular weight is 267 g/mol. The lowest BCUT2D eigenvalue weighted by Crippen LogP contribution is -2.42. The van der Waals surface area contributed by atoms with Gasteiger partial charge < -0.3 is 4.98 Å². The highest BCUT2D eigenvalue weighted by atomic mass is 32.2. The van der Waals surface area contributed by atoms with E-state index in [4.69, 9.17) is 0 Å². The number of aromatic nitrogens is 1. The fourth-order valence-corrected chi connectivity index (χ4v) is 7.67. The standard InChI is InChI=1S/C13H17NOS2/c1-13(2)8-6-3-4-7(5-6)9(8)16-11-10(13)17-12(15)14-11/h6-9H,3-5H2,1-2H3,(H,14,15). The highest BCUT2D eigenvalue weighted by Gasteiger charge is 2.57. The highest BCUT2D eigenvalue weighted by molar-refractivity contribution is 8.00. The molecule has 2 bridgehead atoms. The van der Waals surface area contributed by atoms with Gasteiger partial charge in [0.2, 0.25) is 0 Å². The van der Waals surface area contributed by atoms with Crippen LogP contribution in [0.3, 0.4) is 0 Å². The first kappa shape index (κ1) is 10.7. The predicted molar refractivity (Wildman–Crippen MR) is 71.9 cm³/mol. The lowest BCUT2D eigenvalue weighted by molar-refractivity contribution is 0.218. The van der Waals surface area contributed by atoms with Crippen LogP contribution in [0.15, 0.2) is 9.82 Å². The van der Waals surface area contributed by atoms with Gasteiger partial charge in [-0.3, -0.25) is 4.79 Å². The topological polar surface area (TPSA) is 32.9 Å². The number of hydrogen-bond acceptors (Lipinski definition) is 3. The van der Waals surface area contributed by atoms with E-state index >= 15 is 0 Å². The van der Waals surface area contributed by atoms with Crippen LogP contribution < -0.4 is 4.87 Å². The van der Waals surface area contributed by atoms with Crippen LogP contribution >= 0.6 is 23.1 Å². The smallest absolute Gasteiger partial charge is 0.305 e. The lowest BCUT2D eigenvalue weighted by Gasteiger charge is -2.45. The molecule has 4 atom stereocenters. The molecular formula is C13H17NOS2. The van der Waals surface area contributed by atoms with Gasteiger partial charge in [0.15, 0.2) is 0 Å². The van der Waals surface area contributed by atoms with Crippen LogP contribution in [0.4, 0.5) is 0 Å². The summed E-state index contributed by atoms with van der Waals surface area (Å²) < 4.78 is 0. The van der Waals surface area contributed by atoms with E-state index in [9.17, 15) is 4.79 Å². The van der Waals surface area contributed by atoms with Gasteiger partial charge in [-0.15, -0.1) is 11.8 Å². The molecule has 2 fully saturated rings. The van der Waals surface area contributed by atoms with Crippen LogP contribution in [0.25, 0.3) is 0 Å². The fourth-order valence-electron chi connectivity index (χ4n) is 4.52. The highest BCUT2D eigenvalue weighted by Crippen LogP contribution is 2.64. The Labute approximate surface area is 109 Å². The summed E-state index contributed by atoms with van der Waals surface area (Å²) in [7, 11) is 0. The first-order valence-corrected chi connectivity index (χ1v) is 8.17. The second kappa shape index (κ2) is 3.21. The molecule has 1 aromatic heterocycles. The molecule has 1 aromatic rings. The maximum Gasteiger partial charge on any atom is 0.305 e. The summed E-state index contributed by atoms with van der Waals surface area (Å²) in [6.07, 6.45) is 4.27. The van der Waals surface area contributed by atoms with Crippen LogP contribution in [-0.2, 0) is 5.41 Å². The van der Waals surface area contributed by atoms with Gasteiger partial charge in [0, 0.05) is 15.5 Å². The van der Waals surface area contributed by atoms with Crippen LogP contribution in [0, 0.1) is 17.8 Å². The van der Waals surface area contributed by atoms with Crippen molar-refractivity contribution in [3.05, 3.63) is 14.5 Å². The molecule has 4 unspecified atom stereocenters. The molecule has 17 heavy (non-hydrogen) atoms. The number of thiazole rings is 1. The largest absolute Gasteiger partial charge is 0.307 e. The summed E-state index contributed by atoms with van der Waals surface area (Å²) in [6.45, 7) is 4.71. The molecule has 92 valence electrons. The Balaban J connectivity index is 1.89. The molecule has 2 saturated carbocycles. The zero-order valence-corrected chi connectivity index (χ0v) is 11.8. The van der Waals surface area contributed by atoms with Crippen molar-refractivity contribution in [1.82, 2.24) is 4.98 Å². The van der Waals surface area contributed by atoms with Crippen LogP contribution in [0.5, 0.6) is 0 Å². The Kier molecular flexibility index (Phi) is 2.02. The quantitative estimate of drug-likeness (QED) is 0.783. The van der Waals surface area contributed by atoms with E-state index in [1.54, 1.807) is 0 Å². The van der Waals surface area contributed by atoms with Crippen LogP contribution in [-0.4, -0.2) is 10.2 Å².